The van der Waals surface area contributed by atoms with E-state index >= 15 is 0 Å². The third kappa shape index (κ3) is 2.52. The van der Waals surface area contributed by atoms with Crippen LogP contribution in [0.25, 0.3) is 11.0 Å². The Kier molecular flexibility index (Phi) is 3.59. The van der Waals surface area contributed by atoms with Gasteiger partial charge in [-0.2, -0.15) is 0 Å². The lowest BCUT2D eigenvalue weighted by molar-refractivity contribution is 0.156. The number of aliphatic hydroxyl groups is 1. The van der Waals surface area contributed by atoms with Gasteiger partial charge in [0.05, 0.1) is 23.7 Å². The van der Waals surface area contributed by atoms with E-state index in [1.165, 1.54) is 11.3 Å². The highest BCUT2D eigenvalue weighted by molar-refractivity contribution is 5.81. The van der Waals surface area contributed by atoms with Crippen LogP contribution < -0.4 is 0 Å². The zero-order valence-electron chi connectivity index (χ0n) is 13.2. The van der Waals surface area contributed by atoms with Gasteiger partial charge in [-0.05, 0) is 36.9 Å². The fourth-order valence-electron chi connectivity index (χ4n) is 3.46. The Labute approximate surface area is 135 Å². The van der Waals surface area contributed by atoms with Gasteiger partial charge in [0, 0.05) is 49.4 Å². The molecule has 0 bridgehead atoms. The number of pyridine rings is 2. The number of hydrogen-bond acceptors (Lipinski definition) is 4. The number of likely N-dealkylation sites (N-methyl/N-ethyl adjacent to an activating group) is 1. The van der Waals surface area contributed by atoms with Crippen LogP contribution in [-0.2, 0) is 19.5 Å². The molecular formula is C18H20N4O. The standard InChI is InChI=1S/C18H20N4O/c1-21-10-6-15-14(11-21)18-16(3-2-7-20-18)22(15)12-17(23)13-4-8-19-9-5-13/h2-5,7-9,17,23H,6,10-12H2,1H3. The number of nitrogens with zero attached hydrogens (tertiary/aromatic N) is 4. The molecule has 1 unspecified atom stereocenters. The normalized spacial score (nSPS) is 16.4. The number of fused-ring (bicyclic) bond motifs is 3. The minimum atomic E-state index is -0.544. The van der Waals surface area contributed by atoms with Crippen molar-refractivity contribution in [2.75, 3.05) is 13.6 Å². The molecule has 0 saturated heterocycles. The summed E-state index contributed by atoms with van der Waals surface area (Å²) in [5.74, 6) is 0. The summed E-state index contributed by atoms with van der Waals surface area (Å²) in [6, 6.07) is 7.80. The summed E-state index contributed by atoms with van der Waals surface area (Å²) in [5.41, 5.74) is 5.69. The summed E-state index contributed by atoms with van der Waals surface area (Å²) < 4.78 is 2.25. The zero-order chi connectivity index (χ0) is 15.8. The van der Waals surface area contributed by atoms with Gasteiger partial charge in [-0.25, -0.2) is 0 Å². The Balaban J connectivity index is 1.78. The minimum Gasteiger partial charge on any atom is -0.387 e. The van der Waals surface area contributed by atoms with E-state index < -0.39 is 6.10 Å². The molecule has 118 valence electrons. The van der Waals surface area contributed by atoms with E-state index in [2.05, 4.69) is 32.5 Å². The molecule has 3 aromatic rings. The lowest BCUT2D eigenvalue weighted by atomic mass is 10.1. The molecule has 1 atom stereocenters. The van der Waals surface area contributed by atoms with Gasteiger partial charge >= 0.3 is 0 Å². The molecule has 0 aliphatic carbocycles. The summed E-state index contributed by atoms with van der Waals surface area (Å²) in [4.78, 5) is 10.9. The molecule has 4 rings (SSSR count). The van der Waals surface area contributed by atoms with Gasteiger partial charge in [0.1, 0.15) is 0 Å². The lowest BCUT2D eigenvalue weighted by Crippen LogP contribution is -2.27. The Morgan fingerprint density at radius 3 is 2.87 bits per heavy atom. The van der Waals surface area contributed by atoms with Crippen molar-refractivity contribution >= 4 is 11.0 Å². The van der Waals surface area contributed by atoms with Crippen LogP contribution in [0.15, 0.2) is 42.9 Å². The Morgan fingerprint density at radius 2 is 2.04 bits per heavy atom. The molecule has 0 amide bonds. The molecule has 3 aromatic heterocycles. The third-order valence-corrected chi connectivity index (χ3v) is 4.64. The van der Waals surface area contributed by atoms with Crippen molar-refractivity contribution in [3.63, 3.8) is 0 Å². The SMILES string of the molecule is CN1CCc2c(c3ncccc3n2CC(O)c2ccncc2)C1. The quantitative estimate of drug-likeness (QED) is 0.805. The molecule has 0 spiro atoms. The predicted molar refractivity (Wildman–Crippen MR) is 89.0 cm³/mol. The van der Waals surface area contributed by atoms with Crippen LogP contribution in [0.2, 0.25) is 0 Å². The van der Waals surface area contributed by atoms with E-state index in [0.29, 0.717) is 6.54 Å². The molecule has 4 heterocycles. The molecule has 1 aliphatic rings. The van der Waals surface area contributed by atoms with Crippen LogP contribution in [0, 0.1) is 0 Å². The predicted octanol–water partition coefficient (Wildman–Crippen LogP) is 2.15. The van der Waals surface area contributed by atoms with Gasteiger partial charge in [0.2, 0.25) is 0 Å². The fourth-order valence-corrected chi connectivity index (χ4v) is 3.46. The van der Waals surface area contributed by atoms with Gasteiger partial charge in [-0.3, -0.25) is 9.97 Å². The largest absolute Gasteiger partial charge is 0.387 e. The molecule has 0 aromatic carbocycles. The smallest absolute Gasteiger partial charge is 0.0970 e. The number of aliphatic hydroxyl groups excluding tert-OH is 1. The van der Waals surface area contributed by atoms with Gasteiger partial charge < -0.3 is 14.6 Å². The van der Waals surface area contributed by atoms with Crippen LogP contribution >= 0.6 is 0 Å². The van der Waals surface area contributed by atoms with Crippen molar-refractivity contribution in [2.24, 2.45) is 0 Å². The molecule has 5 nitrogen and oxygen atoms in total. The maximum Gasteiger partial charge on any atom is 0.0970 e. The maximum absolute atomic E-state index is 10.6. The molecule has 1 aliphatic heterocycles. The van der Waals surface area contributed by atoms with Crippen molar-refractivity contribution < 1.29 is 5.11 Å². The average molecular weight is 308 g/mol. The second-order valence-electron chi connectivity index (χ2n) is 6.19. The average Bonchev–Trinajstić information content (AvgIpc) is 2.89. The van der Waals surface area contributed by atoms with Crippen molar-refractivity contribution in [1.29, 1.82) is 0 Å². The zero-order valence-corrected chi connectivity index (χ0v) is 13.2. The molecular weight excluding hydrogens is 288 g/mol. The third-order valence-electron chi connectivity index (χ3n) is 4.64. The topological polar surface area (TPSA) is 54.2 Å². The van der Waals surface area contributed by atoms with Gasteiger partial charge in [0.15, 0.2) is 0 Å². The summed E-state index contributed by atoms with van der Waals surface area (Å²) in [6.07, 6.45) is 5.74. The molecule has 23 heavy (non-hydrogen) atoms. The van der Waals surface area contributed by atoms with Crippen LogP contribution in [0.1, 0.15) is 22.9 Å². The monoisotopic (exact) mass is 308 g/mol. The Hall–Kier alpha value is -2.24. The van der Waals surface area contributed by atoms with Crippen molar-refractivity contribution in [3.8, 4) is 0 Å². The van der Waals surface area contributed by atoms with E-state index in [4.69, 9.17) is 0 Å². The summed E-state index contributed by atoms with van der Waals surface area (Å²) in [7, 11) is 2.14. The van der Waals surface area contributed by atoms with E-state index in [0.717, 1.165) is 36.1 Å². The summed E-state index contributed by atoms with van der Waals surface area (Å²) >= 11 is 0. The van der Waals surface area contributed by atoms with Crippen molar-refractivity contribution in [3.05, 3.63) is 59.7 Å². The Morgan fingerprint density at radius 1 is 1.22 bits per heavy atom. The first-order valence-corrected chi connectivity index (χ1v) is 7.95. The van der Waals surface area contributed by atoms with E-state index in [9.17, 15) is 5.11 Å². The minimum absolute atomic E-state index is 0.544. The van der Waals surface area contributed by atoms with Crippen LogP contribution in [0.4, 0.5) is 0 Å². The number of rotatable bonds is 3. The van der Waals surface area contributed by atoms with Gasteiger partial charge in [-0.1, -0.05) is 0 Å². The number of hydrogen-bond donors (Lipinski definition) is 1. The van der Waals surface area contributed by atoms with Crippen molar-refractivity contribution in [2.45, 2.75) is 25.6 Å². The highest BCUT2D eigenvalue weighted by Crippen LogP contribution is 2.30. The highest BCUT2D eigenvalue weighted by Gasteiger charge is 2.24. The second kappa shape index (κ2) is 5.76. The Bertz CT molecular complexity index is 828. The number of aromatic nitrogens is 3. The van der Waals surface area contributed by atoms with Crippen LogP contribution in [0.3, 0.4) is 0 Å². The first kappa shape index (κ1) is 14.4. The summed E-state index contributed by atoms with van der Waals surface area (Å²) in [5, 5.41) is 10.6. The van der Waals surface area contributed by atoms with E-state index in [1.807, 2.05) is 24.4 Å². The second-order valence-corrected chi connectivity index (χ2v) is 6.19. The van der Waals surface area contributed by atoms with E-state index in [-0.39, 0.29) is 0 Å². The van der Waals surface area contributed by atoms with Gasteiger partial charge in [-0.15, -0.1) is 0 Å². The molecule has 0 fully saturated rings. The van der Waals surface area contributed by atoms with Crippen LogP contribution in [-0.4, -0.2) is 38.1 Å². The van der Waals surface area contributed by atoms with Gasteiger partial charge in [0.25, 0.3) is 0 Å². The van der Waals surface area contributed by atoms with Crippen molar-refractivity contribution in [1.82, 2.24) is 19.4 Å². The molecule has 5 heteroatoms. The maximum atomic E-state index is 10.6. The molecule has 0 radical (unpaired) electrons. The highest BCUT2D eigenvalue weighted by atomic mass is 16.3. The summed E-state index contributed by atoms with van der Waals surface area (Å²) in [6.45, 7) is 2.50. The molecule has 0 saturated carbocycles. The first-order chi connectivity index (χ1) is 11.2. The fraction of sp³-hybridized carbons (Fsp3) is 0.333. The van der Waals surface area contributed by atoms with E-state index in [1.54, 1.807) is 12.4 Å². The lowest BCUT2D eigenvalue weighted by Gasteiger charge is -2.24. The first-order valence-electron chi connectivity index (χ1n) is 7.95. The van der Waals surface area contributed by atoms with Crippen LogP contribution in [0.5, 0.6) is 0 Å². The molecule has 1 N–H and O–H groups in total.